The molecule has 0 atom stereocenters. The van der Waals surface area contributed by atoms with Gasteiger partial charge in [-0.1, -0.05) is 18.2 Å². The van der Waals surface area contributed by atoms with Crippen LogP contribution in [0.5, 0.6) is 5.88 Å². The van der Waals surface area contributed by atoms with Crippen molar-refractivity contribution >= 4 is 10.8 Å². The molecule has 0 unspecified atom stereocenters. The van der Waals surface area contributed by atoms with Crippen molar-refractivity contribution in [2.75, 3.05) is 20.3 Å². The first-order valence-electron chi connectivity index (χ1n) is 7.14. The molecular weight excluding hydrogens is 252 g/mol. The standard InChI is InChI=1S/C16H20N2O2/c1-17-10-12-11-18-16(15-5-3-2-4-14(12)15)20-13-6-8-19-9-7-13/h2-5,11,13,17H,6-10H2,1H3. The van der Waals surface area contributed by atoms with Crippen molar-refractivity contribution in [3.8, 4) is 5.88 Å². The lowest BCUT2D eigenvalue weighted by Crippen LogP contribution is -2.26. The van der Waals surface area contributed by atoms with Crippen LogP contribution in [0.2, 0.25) is 0 Å². The van der Waals surface area contributed by atoms with Crippen LogP contribution in [0.1, 0.15) is 18.4 Å². The number of benzene rings is 1. The van der Waals surface area contributed by atoms with E-state index in [9.17, 15) is 0 Å². The fourth-order valence-electron chi connectivity index (χ4n) is 2.60. The van der Waals surface area contributed by atoms with Gasteiger partial charge in [-0.25, -0.2) is 4.98 Å². The number of fused-ring (bicyclic) bond motifs is 1. The van der Waals surface area contributed by atoms with Crippen LogP contribution in [-0.4, -0.2) is 31.3 Å². The van der Waals surface area contributed by atoms with Crippen molar-refractivity contribution < 1.29 is 9.47 Å². The third-order valence-electron chi connectivity index (χ3n) is 3.65. The van der Waals surface area contributed by atoms with E-state index in [2.05, 4.69) is 28.5 Å². The molecule has 0 aliphatic carbocycles. The van der Waals surface area contributed by atoms with Gasteiger partial charge >= 0.3 is 0 Å². The predicted molar refractivity (Wildman–Crippen MR) is 79.0 cm³/mol. The van der Waals surface area contributed by atoms with E-state index in [1.54, 1.807) is 0 Å². The Morgan fingerprint density at radius 3 is 2.75 bits per heavy atom. The zero-order valence-corrected chi connectivity index (χ0v) is 11.8. The van der Waals surface area contributed by atoms with Crippen LogP contribution in [0.4, 0.5) is 0 Å². The molecule has 1 aliphatic rings. The van der Waals surface area contributed by atoms with E-state index >= 15 is 0 Å². The molecule has 0 radical (unpaired) electrons. The van der Waals surface area contributed by atoms with Crippen molar-refractivity contribution in [2.45, 2.75) is 25.5 Å². The molecule has 106 valence electrons. The van der Waals surface area contributed by atoms with Crippen molar-refractivity contribution in [2.24, 2.45) is 0 Å². The lowest BCUT2D eigenvalue weighted by atomic mass is 10.1. The van der Waals surface area contributed by atoms with E-state index in [0.29, 0.717) is 0 Å². The second-order valence-electron chi connectivity index (χ2n) is 5.09. The highest BCUT2D eigenvalue weighted by atomic mass is 16.5. The summed E-state index contributed by atoms with van der Waals surface area (Å²) in [6.45, 7) is 2.37. The zero-order valence-electron chi connectivity index (χ0n) is 11.8. The van der Waals surface area contributed by atoms with Gasteiger partial charge in [-0.2, -0.15) is 0 Å². The molecule has 0 bridgehead atoms. The molecule has 1 fully saturated rings. The summed E-state index contributed by atoms with van der Waals surface area (Å²) in [7, 11) is 1.95. The number of nitrogens with zero attached hydrogens (tertiary/aromatic N) is 1. The van der Waals surface area contributed by atoms with Gasteiger partial charge in [-0.15, -0.1) is 0 Å². The molecule has 1 aliphatic heterocycles. The van der Waals surface area contributed by atoms with E-state index < -0.39 is 0 Å². The maximum absolute atomic E-state index is 6.09. The van der Waals surface area contributed by atoms with E-state index in [1.807, 2.05) is 19.3 Å². The molecule has 4 nitrogen and oxygen atoms in total. The molecule has 2 heterocycles. The number of rotatable bonds is 4. The van der Waals surface area contributed by atoms with E-state index in [1.165, 1.54) is 10.9 Å². The van der Waals surface area contributed by atoms with Gasteiger partial charge in [0.05, 0.1) is 13.2 Å². The number of hydrogen-bond donors (Lipinski definition) is 1. The monoisotopic (exact) mass is 272 g/mol. The number of hydrogen-bond acceptors (Lipinski definition) is 4. The summed E-state index contributed by atoms with van der Waals surface area (Å²) in [5, 5.41) is 5.48. The first kappa shape index (κ1) is 13.3. The first-order valence-corrected chi connectivity index (χ1v) is 7.14. The minimum atomic E-state index is 0.217. The zero-order chi connectivity index (χ0) is 13.8. The molecule has 2 aromatic rings. The van der Waals surface area contributed by atoms with Gasteiger partial charge in [0.15, 0.2) is 0 Å². The second-order valence-corrected chi connectivity index (χ2v) is 5.09. The Balaban J connectivity index is 1.92. The average molecular weight is 272 g/mol. The lowest BCUT2D eigenvalue weighted by molar-refractivity contribution is 0.0244. The summed E-state index contributed by atoms with van der Waals surface area (Å²) in [5.41, 5.74) is 1.20. The highest BCUT2D eigenvalue weighted by Gasteiger charge is 2.17. The average Bonchev–Trinajstić information content (AvgIpc) is 2.51. The molecule has 0 amide bonds. The van der Waals surface area contributed by atoms with Crippen molar-refractivity contribution in [3.63, 3.8) is 0 Å². The Bertz CT molecular complexity index is 580. The molecule has 1 N–H and O–H groups in total. The molecule has 3 rings (SSSR count). The van der Waals surface area contributed by atoms with E-state index in [0.717, 1.165) is 43.9 Å². The largest absolute Gasteiger partial charge is 0.474 e. The fourth-order valence-corrected chi connectivity index (χ4v) is 2.60. The summed E-state index contributed by atoms with van der Waals surface area (Å²) in [6.07, 6.45) is 4.01. The smallest absolute Gasteiger partial charge is 0.221 e. The molecule has 0 spiro atoms. The summed E-state index contributed by atoms with van der Waals surface area (Å²) < 4.78 is 11.5. The van der Waals surface area contributed by atoms with Crippen LogP contribution >= 0.6 is 0 Å². The van der Waals surface area contributed by atoms with E-state index in [4.69, 9.17) is 9.47 Å². The molecule has 1 saturated heterocycles. The topological polar surface area (TPSA) is 43.4 Å². The molecular formula is C16H20N2O2. The molecule has 1 aromatic heterocycles. The first-order chi connectivity index (χ1) is 9.88. The van der Waals surface area contributed by atoms with Gasteiger partial charge in [0.25, 0.3) is 0 Å². The van der Waals surface area contributed by atoms with Crippen LogP contribution in [0, 0.1) is 0 Å². The SMILES string of the molecule is CNCc1cnc(OC2CCOCC2)c2ccccc12. The van der Waals surface area contributed by atoms with Gasteiger partial charge in [0.1, 0.15) is 6.10 Å². The number of aromatic nitrogens is 1. The Morgan fingerprint density at radius 2 is 2.00 bits per heavy atom. The van der Waals surface area contributed by atoms with Crippen LogP contribution in [-0.2, 0) is 11.3 Å². The van der Waals surface area contributed by atoms with Crippen LogP contribution in [0.15, 0.2) is 30.5 Å². The number of nitrogens with one attached hydrogen (secondary N) is 1. The molecule has 4 heteroatoms. The van der Waals surface area contributed by atoms with Crippen LogP contribution < -0.4 is 10.1 Å². The Kier molecular flexibility index (Phi) is 4.14. The predicted octanol–water partition coefficient (Wildman–Crippen LogP) is 2.51. The van der Waals surface area contributed by atoms with Crippen LogP contribution in [0.25, 0.3) is 10.8 Å². The van der Waals surface area contributed by atoms with Gasteiger partial charge in [-0.05, 0) is 24.1 Å². The highest BCUT2D eigenvalue weighted by molar-refractivity contribution is 5.89. The highest BCUT2D eigenvalue weighted by Crippen LogP contribution is 2.28. The van der Waals surface area contributed by atoms with Crippen molar-refractivity contribution in [1.82, 2.24) is 10.3 Å². The molecule has 20 heavy (non-hydrogen) atoms. The summed E-state index contributed by atoms with van der Waals surface area (Å²) in [5.74, 6) is 0.743. The van der Waals surface area contributed by atoms with Gasteiger partial charge in [-0.3, -0.25) is 0 Å². The summed E-state index contributed by atoms with van der Waals surface area (Å²) >= 11 is 0. The minimum Gasteiger partial charge on any atom is -0.474 e. The minimum absolute atomic E-state index is 0.217. The number of pyridine rings is 1. The normalized spacial score (nSPS) is 16.4. The fraction of sp³-hybridized carbons (Fsp3) is 0.438. The van der Waals surface area contributed by atoms with Gasteiger partial charge in [0, 0.05) is 31.0 Å². The van der Waals surface area contributed by atoms with Gasteiger partial charge < -0.3 is 14.8 Å². The summed E-state index contributed by atoms with van der Waals surface area (Å²) in [4.78, 5) is 4.52. The summed E-state index contributed by atoms with van der Waals surface area (Å²) in [6, 6.07) is 8.29. The molecule has 1 aromatic carbocycles. The second kappa shape index (κ2) is 6.20. The van der Waals surface area contributed by atoms with E-state index in [-0.39, 0.29) is 6.10 Å². The Morgan fingerprint density at radius 1 is 1.25 bits per heavy atom. The Hall–Kier alpha value is -1.65. The van der Waals surface area contributed by atoms with Gasteiger partial charge in [0.2, 0.25) is 5.88 Å². The maximum Gasteiger partial charge on any atom is 0.221 e. The molecule has 0 saturated carbocycles. The quantitative estimate of drug-likeness (QED) is 0.928. The van der Waals surface area contributed by atoms with Crippen molar-refractivity contribution in [1.29, 1.82) is 0 Å². The van der Waals surface area contributed by atoms with Crippen LogP contribution in [0.3, 0.4) is 0 Å². The third kappa shape index (κ3) is 2.76. The Labute approximate surface area is 119 Å². The maximum atomic E-state index is 6.09. The number of ether oxygens (including phenoxy) is 2. The lowest BCUT2D eigenvalue weighted by Gasteiger charge is -2.23. The third-order valence-corrected chi connectivity index (χ3v) is 3.65. The van der Waals surface area contributed by atoms with Crippen molar-refractivity contribution in [3.05, 3.63) is 36.0 Å².